The third kappa shape index (κ3) is 5.36. The Bertz CT molecular complexity index is 1210. The number of epoxide rings is 1. The summed E-state index contributed by atoms with van der Waals surface area (Å²) in [5.74, 6) is -1.83. The Balaban J connectivity index is 1.19. The summed E-state index contributed by atoms with van der Waals surface area (Å²) in [4.78, 5) is 0. The van der Waals surface area contributed by atoms with Crippen LogP contribution >= 0.6 is 0 Å². The number of halogens is 3. The fraction of sp³-hybridized carbons (Fsp3) is 0.333. The predicted molar refractivity (Wildman–Crippen MR) is 131 cm³/mol. The van der Waals surface area contributed by atoms with Crippen LogP contribution in [0.4, 0.5) is 13.2 Å². The summed E-state index contributed by atoms with van der Waals surface area (Å²) in [5, 5.41) is 0. The lowest BCUT2D eigenvalue weighted by atomic mass is 9.82. The molecule has 0 amide bonds. The van der Waals surface area contributed by atoms with Crippen molar-refractivity contribution in [2.45, 2.75) is 57.3 Å². The number of rotatable bonds is 7. The molecule has 1 saturated carbocycles. The molecule has 182 valence electrons. The van der Waals surface area contributed by atoms with E-state index in [-0.39, 0.29) is 29.5 Å². The highest BCUT2D eigenvalue weighted by atomic mass is 19.2. The van der Waals surface area contributed by atoms with Crippen molar-refractivity contribution in [3.05, 3.63) is 100 Å². The van der Waals surface area contributed by atoms with E-state index in [1.54, 1.807) is 18.2 Å². The molecule has 1 aliphatic heterocycles. The van der Waals surface area contributed by atoms with Crippen molar-refractivity contribution in [3.8, 4) is 11.1 Å². The molecule has 2 fully saturated rings. The minimum Gasteiger partial charge on any atom is -0.374 e. The Morgan fingerprint density at radius 3 is 2.26 bits per heavy atom. The predicted octanol–water partition coefficient (Wildman–Crippen LogP) is 8.12. The number of hydrogen-bond donors (Lipinski definition) is 0. The average molecular weight is 479 g/mol. The van der Waals surface area contributed by atoms with Crippen molar-refractivity contribution in [2.24, 2.45) is 0 Å². The van der Waals surface area contributed by atoms with Gasteiger partial charge in [0.05, 0.1) is 19.3 Å². The Kier molecular flexibility index (Phi) is 7.07. The number of allylic oxidation sites excluding steroid dienone is 1. The van der Waals surface area contributed by atoms with Gasteiger partial charge in [-0.2, -0.15) is 0 Å². The molecule has 0 aromatic heterocycles. The van der Waals surface area contributed by atoms with Gasteiger partial charge in [-0.3, -0.25) is 0 Å². The fourth-order valence-electron chi connectivity index (χ4n) is 4.97. The van der Waals surface area contributed by atoms with Gasteiger partial charge in [-0.1, -0.05) is 60.7 Å². The Morgan fingerprint density at radius 2 is 1.60 bits per heavy atom. The molecule has 1 unspecified atom stereocenters. The summed E-state index contributed by atoms with van der Waals surface area (Å²) in [6.45, 7) is 2.85. The van der Waals surface area contributed by atoms with Crippen LogP contribution in [0.15, 0.2) is 60.7 Å². The second kappa shape index (κ2) is 10.4. The summed E-state index contributed by atoms with van der Waals surface area (Å²) >= 11 is 0. The largest absolute Gasteiger partial charge is 0.374 e. The van der Waals surface area contributed by atoms with E-state index in [1.165, 1.54) is 6.07 Å². The van der Waals surface area contributed by atoms with Gasteiger partial charge in [0.1, 0.15) is 11.9 Å². The van der Waals surface area contributed by atoms with Gasteiger partial charge in [-0.15, -0.1) is 0 Å². The average Bonchev–Trinajstić information content (AvgIpc) is 3.71. The zero-order valence-corrected chi connectivity index (χ0v) is 19.8. The molecule has 0 bridgehead atoms. The summed E-state index contributed by atoms with van der Waals surface area (Å²) in [6.07, 6.45) is 6.79. The van der Waals surface area contributed by atoms with E-state index in [1.807, 2.05) is 49.4 Å². The van der Waals surface area contributed by atoms with Crippen LogP contribution in [-0.4, -0.2) is 12.7 Å². The first kappa shape index (κ1) is 23.8. The van der Waals surface area contributed by atoms with E-state index < -0.39 is 11.6 Å². The van der Waals surface area contributed by atoms with Crippen molar-refractivity contribution in [1.82, 2.24) is 0 Å². The normalized spacial score (nSPS) is 22.0. The van der Waals surface area contributed by atoms with E-state index in [9.17, 15) is 8.78 Å². The highest BCUT2D eigenvalue weighted by Crippen LogP contribution is 2.38. The minimum absolute atomic E-state index is 0.0311. The van der Waals surface area contributed by atoms with E-state index >= 15 is 4.39 Å². The lowest BCUT2D eigenvalue weighted by Crippen LogP contribution is -2.21. The Hall–Kier alpha value is -2.89. The third-order valence-electron chi connectivity index (χ3n) is 7.04. The van der Waals surface area contributed by atoms with Crippen LogP contribution in [0.1, 0.15) is 66.9 Å². The van der Waals surface area contributed by atoms with Crippen LogP contribution in [-0.2, 0) is 16.1 Å². The van der Waals surface area contributed by atoms with Crippen molar-refractivity contribution in [3.63, 3.8) is 0 Å². The van der Waals surface area contributed by atoms with Crippen LogP contribution in [0, 0.1) is 17.5 Å². The molecule has 3 aromatic carbocycles. The Labute approximate surface area is 204 Å². The molecular formula is C30H29F3O2. The smallest absolute Gasteiger partial charge is 0.166 e. The maximum Gasteiger partial charge on any atom is 0.166 e. The van der Waals surface area contributed by atoms with Crippen molar-refractivity contribution < 1.29 is 22.6 Å². The second-order valence-electron chi connectivity index (χ2n) is 9.41. The first-order chi connectivity index (χ1) is 17.0. The topological polar surface area (TPSA) is 21.8 Å². The lowest BCUT2D eigenvalue weighted by molar-refractivity contribution is 0.0130. The standard InChI is InChI=1S/C30H29F3O2/c1-2-3-19-4-7-21(8-5-19)24-14-15-25(30(33)29(24)32)22-9-11-23(12-10-22)34-17-20-6-13-26(27(31)16-20)28-18-35-28/h2-8,13-16,22-23,28H,9-12,17-18H2,1H3/b3-2+. The van der Waals surface area contributed by atoms with E-state index in [0.717, 1.165) is 36.8 Å². The third-order valence-corrected chi connectivity index (χ3v) is 7.04. The van der Waals surface area contributed by atoms with Gasteiger partial charge < -0.3 is 9.47 Å². The van der Waals surface area contributed by atoms with Crippen LogP contribution in [0.3, 0.4) is 0 Å². The molecular weight excluding hydrogens is 449 g/mol. The first-order valence-corrected chi connectivity index (χ1v) is 12.3. The summed E-state index contributed by atoms with van der Waals surface area (Å²) in [6, 6.07) is 16.0. The van der Waals surface area contributed by atoms with Gasteiger partial charge >= 0.3 is 0 Å². The van der Waals surface area contributed by atoms with Crippen molar-refractivity contribution in [1.29, 1.82) is 0 Å². The van der Waals surface area contributed by atoms with Gasteiger partial charge in [0, 0.05) is 11.1 Å². The molecule has 3 aromatic rings. The van der Waals surface area contributed by atoms with Gasteiger partial charge in [0.15, 0.2) is 11.6 Å². The molecule has 2 aliphatic rings. The Morgan fingerprint density at radius 1 is 0.886 bits per heavy atom. The molecule has 5 rings (SSSR count). The molecule has 1 saturated heterocycles. The monoisotopic (exact) mass is 478 g/mol. The van der Waals surface area contributed by atoms with Gasteiger partial charge in [-0.05, 0) is 66.8 Å². The number of ether oxygens (including phenoxy) is 2. The summed E-state index contributed by atoms with van der Waals surface area (Å²) < 4.78 is 55.4. The van der Waals surface area contributed by atoms with E-state index in [4.69, 9.17) is 9.47 Å². The second-order valence-corrected chi connectivity index (χ2v) is 9.41. The maximum absolute atomic E-state index is 15.1. The molecule has 2 nitrogen and oxygen atoms in total. The zero-order chi connectivity index (χ0) is 24.4. The summed E-state index contributed by atoms with van der Waals surface area (Å²) in [5.41, 5.74) is 3.78. The molecule has 0 N–H and O–H groups in total. The molecule has 0 spiro atoms. The molecule has 0 radical (unpaired) electrons. The zero-order valence-electron chi connectivity index (χ0n) is 19.8. The lowest BCUT2D eigenvalue weighted by Gasteiger charge is -2.29. The highest BCUT2D eigenvalue weighted by Gasteiger charge is 2.29. The maximum atomic E-state index is 15.1. The number of benzene rings is 3. The van der Waals surface area contributed by atoms with Gasteiger partial charge in [0.25, 0.3) is 0 Å². The summed E-state index contributed by atoms with van der Waals surface area (Å²) in [7, 11) is 0. The van der Waals surface area contributed by atoms with Crippen LogP contribution in [0.25, 0.3) is 17.2 Å². The van der Waals surface area contributed by atoms with Crippen LogP contribution in [0.2, 0.25) is 0 Å². The van der Waals surface area contributed by atoms with Crippen molar-refractivity contribution in [2.75, 3.05) is 6.61 Å². The molecule has 1 atom stereocenters. The molecule has 1 heterocycles. The SMILES string of the molecule is C/C=C/c1ccc(-c2ccc(C3CCC(OCc4ccc(C5CO5)c(F)c4)CC3)c(F)c2F)cc1. The van der Waals surface area contributed by atoms with Crippen LogP contribution in [0.5, 0.6) is 0 Å². The van der Waals surface area contributed by atoms with E-state index in [0.29, 0.717) is 29.9 Å². The van der Waals surface area contributed by atoms with Crippen molar-refractivity contribution >= 4 is 6.08 Å². The van der Waals surface area contributed by atoms with Gasteiger partial charge in [0.2, 0.25) is 0 Å². The van der Waals surface area contributed by atoms with Crippen LogP contribution < -0.4 is 0 Å². The fourth-order valence-corrected chi connectivity index (χ4v) is 4.97. The molecule has 1 aliphatic carbocycles. The molecule has 5 heteroatoms. The van der Waals surface area contributed by atoms with Gasteiger partial charge in [-0.25, -0.2) is 13.2 Å². The first-order valence-electron chi connectivity index (χ1n) is 12.3. The highest BCUT2D eigenvalue weighted by molar-refractivity contribution is 5.67. The minimum atomic E-state index is -0.790. The molecule has 35 heavy (non-hydrogen) atoms. The quantitative estimate of drug-likeness (QED) is 0.320. The number of hydrogen-bond acceptors (Lipinski definition) is 2. The van der Waals surface area contributed by atoms with E-state index in [2.05, 4.69) is 0 Å².